The molecule has 1 heterocycles. The minimum absolute atomic E-state index is 0.313. The molecule has 0 fully saturated rings. The van der Waals surface area contributed by atoms with Crippen LogP contribution in [0.1, 0.15) is 19.5 Å². The van der Waals surface area contributed by atoms with E-state index >= 15 is 0 Å². The molecular weight excluding hydrogens is 238 g/mol. The molecule has 1 unspecified atom stereocenters. The molecule has 1 aromatic rings. The van der Waals surface area contributed by atoms with Gasteiger partial charge in [-0.1, -0.05) is 19.9 Å². The van der Waals surface area contributed by atoms with Crippen LogP contribution in [0.3, 0.4) is 0 Å². The first-order valence-corrected chi connectivity index (χ1v) is 7.05. The van der Waals surface area contributed by atoms with Gasteiger partial charge in [0.15, 0.2) is 0 Å². The van der Waals surface area contributed by atoms with Crippen molar-refractivity contribution in [2.45, 2.75) is 26.4 Å². The number of aromatic nitrogens is 1. The van der Waals surface area contributed by atoms with E-state index in [2.05, 4.69) is 29.0 Å². The van der Waals surface area contributed by atoms with Gasteiger partial charge in [0.2, 0.25) is 0 Å². The second-order valence-electron chi connectivity index (χ2n) is 5.54. The number of likely N-dealkylation sites (N-methyl/N-ethyl adjacent to an activating group) is 1. The summed E-state index contributed by atoms with van der Waals surface area (Å²) in [5.74, 6) is 0.620. The van der Waals surface area contributed by atoms with Crippen LogP contribution in [0.2, 0.25) is 0 Å². The summed E-state index contributed by atoms with van der Waals surface area (Å²) in [6.45, 7) is 7.55. The zero-order chi connectivity index (χ0) is 14.1. The van der Waals surface area contributed by atoms with E-state index in [0.29, 0.717) is 19.0 Å². The highest BCUT2D eigenvalue weighted by Gasteiger charge is 2.08. The Labute approximate surface area is 116 Å². The van der Waals surface area contributed by atoms with Gasteiger partial charge in [-0.15, -0.1) is 0 Å². The molecule has 0 aliphatic carbocycles. The summed E-state index contributed by atoms with van der Waals surface area (Å²) < 4.78 is 0. The number of hydrogen-bond acceptors (Lipinski definition) is 4. The summed E-state index contributed by atoms with van der Waals surface area (Å²) in [5.41, 5.74) is 1.10. The van der Waals surface area contributed by atoms with Crippen LogP contribution in [-0.2, 0) is 6.42 Å². The number of rotatable bonds is 9. The van der Waals surface area contributed by atoms with Crippen LogP contribution >= 0.6 is 0 Å². The number of nitrogens with zero attached hydrogens (tertiary/aromatic N) is 2. The molecule has 4 heteroatoms. The third kappa shape index (κ3) is 7.93. The molecule has 0 bridgehead atoms. The van der Waals surface area contributed by atoms with Gasteiger partial charge in [-0.05, 0) is 31.6 Å². The average molecular weight is 265 g/mol. The number of pyridine rings is 1. The van der Waals surface area contributed by atoms with Crippen LogP contribution in [0.15, 0.2) is 24.4 Å². The van der Waals surface area contributed by atoms with Gasteiger partial charge in [0, 0.05) is 37.9 Å². The van der Waals surface area contributed by atoms with Crippen molar-refractivity contribution in [3.8, 4) is 0 Å². The van der Waals surface area contributed by atoms with Gasteiger partial charge in [-0.3, -0.25) is 4.98 Å². The zero-order valence-corrected chi connectivity index (χ0v) is 12.3. The average Bonchev–Trinajstić information content (AvgIpc) is 2.37. The third-order valence-electron chi connectivity index (χ3n) is 2.93. The summed E-state index contributed by atoms with van der Waals surface area (Å²) in [4.78, 5) is 6.45. The molecule has 2 N–H and O–H groups in total. The Balaban J connectivity index is 2.14. The number of aliphatic hydroxyl groups is 1. The molecule has 4 nitrogen and oxygen atoms in total. The van der Waals surface area contributed by atoms with Crippen molar-refractivity contribution in [3.63, 3.8) is 0 Å². The molecule has 0 saturated heterocycles. The van der Waals surface area contributed by atoms with Crippen molar-refractivity contribution < 1.29 is 5.11 Å². The van der Waals surface area contributed by atoms with E-state index in [-0.39, 0.29) is 6.10 Å². The minimum atomic E-state index is -0.313. The number of aliphatic hydroxyl groups excluding tert-OH is 1. The van der Waals surface area contributed by atoms with Crippen LogP contribution in [0.25, 0.3) is 0 Å². The van der Waals surface area contributed by atoms with Gasteiger partial charge in [-0.25, -0.2) is 0 Å². The van der Waals surface area contributed by atoms with Crippen molar-refractivity contribution in [3.05, 3.63) is 30.1 Å². The van der Waals surface area contributed by atoms with Gasteiger partial charge in [0.25, 0.3) is 0 Å². The summed E-state index contributed by atoms with van der Waals surface area (Å²) in [5, 5.41) is 13.2. The molecule has 0 spiro atoms. The Morgan fingerprint density at radius 3 is 2.74 bits per heavy atom. The lowest BCUT2D eigenvalue weighted by Crippen LogP contribution is -2.38. The van der Waals surface area contributed by atoms with E-state index in [1.165, 1.54) is 0 Å². The highest BCUT2D eigenvalue weighted by Crippen LogP contribution is 1.97. The fourth-order valence-electron chi connectivity index (χ4n) is 1.91. The van der Waals surface area contributed by atoms with E-state index in [1.54, 1.807) is 0 Å². The SMILES string of the molecule is CC(C)CNCC(O)CN(C)CCc1ccccn1. The molecule has 1 atom stereocenters. The van der Waals surface area contributed by atoms with Crippen molar-refractivity contribution in [2.24, 2.45) is 5.92 Å². The summed E-state index contributed by atoms with van der Waals surface area (Å²) in [6, 6.07) is 5.97. The van der Waals surface area contributed by atoms with Crippen LogP contribution in [0, 0.1) is 5.92 Å². The quantitative estimate of drug-likeness (QED) is 0.703. The van der Waals surface area contributed by atoms with Gasteiger partial charge < -0.3 is 15.3 Å². The van der Waals surface area contributed by atoms with Crippen LogP contribution in [-0.4, -0.2) is 54.3 Å². The molecule has 1 aromatic heterocycles. The smallest absolute Gasteiger partial charge is 0.0791 e. The van der Waals surface area contributed by atoms with E-state index in [1.807, 2.05) is 31.4 Å². The molecule has 0 aliphatic heterocycles. The Kier molecular flexibility index (Phi) is 7.63. The van der Waals surface area contributed by atoms with Crippen molar-refractivity contribution in [1.29, 1.82) is 0 Å². The fourth-order valence-corrected chi connectivity index (χ4v) is 1.91. The maximum atomic E-state index is 9.91. The number of nitrogens with one attached hydrogen (secondary N) is 1. The topological polar surface area (TPSA) is 48.4 Å². The molecule has 0 radical (unpaired) electrons. The zero-order valence-electron chi connectivity index (χ0n) is 12.3. The van der Waals surface area contributed by atoms with Gasteiger partial charge in [0.1, 0.15) is 0 Å². The van der Waals surface area contributed by atoms with Crippen molar-refractivity contribution in [2.75, 3.05) is 33.2 Å². The fraction of sp³-hybridized carbons (Fsp3) is 0.667. The Hall–Kier alpha value is -0.970. The van der Waals surface area contributed by atoms with Crippen LogP contribution < -0.4 is 5.32 Å². The number of hydrogen-bond donors (Lipinski definition) is 2. The second-order valence-corrected chi connectivity index (χ2v) is 5.54. The molecule has 0 aliphatic rings. The normalized spacial score (nSPS) is 13.2. The van der Waals surface area contributed by atoms with Crippen molar-refractivity contribution >= 4 is 0 Å². The first-order valence-electron chi connectivity index (χ1n) is 7.05. The molecular formula is C15H27N3O. The Bertz CT molecular complexity index is 329. The highest BCUT2D eigenvalue weighted by molar-refractivity contribution is 5.03. The molecule has 0 aromatic carbocycles. The van der Waals surface area contributed by atoms with E-state index < -0.39 is 0 Å². The predicted molar refractivity (Wildman–Crippen MR) is 79.2 cm³/mol. The second kappa shape index (κ2) is 9.02. The van der Waals surface area contributed by atoms with Crippen LogP contribution in [0.4, 0.5) is 0 Å². The van der Waals surface area contributed by atoms with Gasteiger partial charge in [-0.2, -0.15) is 0 Å². The van der Waals surface area contributed by atoms with Crippen LogP contribution in [0.5, 0.6) is 0 Å². The standard InChI is InChI=1S/C15H27N3O/c1-13(2)10-16-11-15(19)12-18(3)9-7-14-6-4-5-8-17-14/h4-6,8,13,15-16,19H,7,9-12H2,1-3H3. The Morgan fingerprint density at radius 1 is 1.32 bits per heavy atom. The highest BCUT2D eigenvalue weighted by atomic mass is 16.3. The lowest BCUT2D eigenvalue weighted by molar-refractivity contribution is 0.124. The first kappa shape index (κ1) is 16.1. The summed E-state index contributed by atoms with van der Waals surface area (Å²) in [7, 11) is 2.04. The summed E-state index contributed by atoms with van der Waals surface area (Å²) >= 11 is 0. The lowest BCUT2D eigenvalue weighted by atomic mass is 10.2. The van der Waals surface area contributed by atoms with Gasteiger partial charge in [0.05, 0.1) is 6.10 Å². The predicted octanol–water partition coefficient (Wildman–Crippen LogP) is 1.16. The minimum Gasteiger partial charge on any atom is -0.390 e. The third-order valence-corrected chi connectivity index (χ3v) is 2.93. The lowest BCUT2D eigenvalue weighted by Gasteiger charge is -2.21. The molecule has 108 valence electrons. The van der Waals surface area contributed by atoms with Crippen molar-refractivity contribution in [1.82, 2.24) is 15.2 Å². The Morgan fingerprint density at radius 2 is 2.11 bits per heavy atom. The monoisotopic (exact) mass is 265 g/mol. The molecule has 1 rings (SSSR count). The maximum absolute atomic E-state index is 9.91. The summed E-state index contributed by atoms with van der Waals surface area (Å²) in [6.07, 6.45) is 2.43. The van der Waals surface area contributed by atoms with E-state index in [4.69, 9.17) is 0 Å². The maximum Gasteiger partial charge on any atom is 0.0791 e. The van der Waals surface area contributed by atoms with Gasteiger partial charge >= 0.3 is 0 Å². The largest absolute Gasteiger partial charge is 0.390 e. The van der Waals surface area contributed by atoms with E-state index in [0.717, 1.165) is 25.2 Å². The molecule has 0 saturated carbocycles. The molecule has 19 heavy (non-hydrogen) atoms. The van der Waals surface area contributed by atoms with E-state index in [9.17, 15) is 5.11 Å². The first-order chi connectivity index (χ1) is 9.08. The molecule has 0 amide bonds.